The number of hydrogen-bond acceptors (Lipinski definition) is 10. The number of ketones is 1. The van der Waals surface area contributed by atoms with Crippen LogP contribution in [-0.4, -0.2) is 70.9 Å². The SMILES string of the molecule is CN(C)[C@@H](C(=O)Cc1nnc(N[C@@H]2CCN(c3cccnn3)C2)s1)c1cccc(OC(F)F)c1. The van der Waals surface area contributed by atoms with Crippen LogP contribution in [0.4, 0.5) is 19.7 Å². The molecule has 9 nitrogen and oxygen atoms in total. The summed E-state index contributed by atoms with van der Waals surface area (Å²) in [5, 5.41) is 21.1. The minimum atomic E-state index is -2.93. The Labute approximate surface area is 199 Å². The minimum Gasteiger partial charge on any atom is -0.435 e. The summed E-state index contributed by atoms with van der Waals surface area (Å²) >= 11 is 1.34. The van der Waals surface area contributed by atoms with Gasteiger partial charge in [0, 0.05) is 25.3 Å². The fourth-order valence-corrected chi connectivity index (χ4v) is 4.81. The van der Waals surface area contributed by atoms with Crippen LogP contribution in [0, 0.1) is 0 Å². The van der Waals surface area contributed by atoms with Gasteiger partial charge in [0.15, 0.2) is 11.6 Å². The Bertz CT molecular complexity index is 1100. The smallest absolute Gasteiger partial charge is 0.387 e. The first-order valence-electron chi connectivity index (χ1n) is 10.7. The molecule has 180 valence electrons. The zero-order chi connectivity index (χ0) is 24.1. The van der Waals surface area contributed by atoms with Gasteiger partial charge in [-0.05, 0) is 50.3 Å². The standard InChI is InChI=1S/C22H25F2N7O2S/c1-30(2)20(14-5-3-6-16(11-14)33-21(23)24)17(32)12-19-28-29-22(34-19)26-15-8-10-31(13-15)18-7-4-9-25-27-18/h3-7,9,11,15,20-21H,8,10,12-13H2,1-2H3,(H,26,29)/t15-,20-/m1/s1. The van der Waals surface area contributed by atoms with E-state index >= 15 is 0 Å². The van der Waals surface area contributed by atoms with E-state index in [1.54, 1.807) is 37.3 Å². The Balaban J connectivity index is 1.37. The van der Waals surface area contributed by atoms with E-state index in [-0.39, 0.29) is 24.0 Å². The van der Waals surface area contributed by atoms with E-state index < -0.39 is 12.7 Å². The summed E-state index contributed by atoms with van der Waals surface area (Å²) in [5.41, 5.74) is 0.575. The molecule has 34 heavy (non-hydrogen) atoms. The van der Waals surface area contributed by atoms with Crippen molar-refractivity contribution < 1.29 is 18.3 Å². The molecule has 0 bridgehead atoms. The van der Waals surface area contributed by atoms with Crippen LogP contribution in [0.3, 0.4) is 0 Å². The Morgan fingerprint density at radius 2 is 2.12 bits per heavy atom. The molecule has 3 aromatic rings. The van der Waals surface area contributed by atoms with Crippen molar-refractivity contribution in [2.24, 2.45) is 0 Å². The zero-order valence-electron chi connectivity index (χ0n) is 18.8. The van der Waals surface area contributed by atoms with Gasteiger partial charge in [0.05, 0.1) is 12.5 Å². The predicted octanol–water partition coefficient (Wildman–Crippen LogP) is 3.03. The molecule has 1 fully saturated rings. The van der Waals surface area contributed by atoms with E-state index in [9.17, 15) is 13.6 Å². The van der Waals surface area contributed by atoms with E-state index in [1.807, 2.05) is 12.1 Å². The van der Waals surface area contributed by atoms with Gasteiger partial charge < -0.3 is 15.0 Å². The highest BCUT2D eigenvalue weighted by atomic mass is 32.1. The predicted molar refractivity (Wildman–Crippen MR) is 124 cm³/mol. The fourth-order valence-electron chi connectivity index (χ4n) is 3.98. The molecule has 0 unspecified atom stereocenters. The van der Waals surface area contributed by atoms with Gasteiger partial charge in [-0.25, -0.2) is 0 Å². The first-order valence-corrected chi connectivity index (χ1v) is 11.6. The van der Waals surface area contributed by atoms with Gasteiger partial charge in [-0.2, -0.15) is 13.9 Å². The molecule has 2 atom stereocenters. The van der Waals surface area contributed by atoms with E-state index in [0.29, 0.717) is 15.7 Å². The molecule has 1 saturated heterocycles. The van der Waals surface area contributed by atoms with E-state index in [1.165, 1.54) is 23.5 Å². The summed E-state index contributed by atoms with van der Waals surface area (Å²) < 4.78 is 29.7. The average molecular weight is 490 g/mol. The van der Waals surface area contributed by atoms with Crippen molar-refractivity contribution in [3.63, 3.8) is 0 Å². The molecule has 1 aliphatic heterocycles. The number of hydrogen-bond donors (Lipinski definition) is 1. The number of nitrogens with zero attached hydrogens (tertiary/aromatic N) is 6. The highest BCUT2D eigenvalue weighted by Gasteiger charge is 2.27. The molecule has 1 aliphatic rings. The molecule has 0 saturated carbocycles. The van der Waals surface area contributed by atoms with Crippen LogP contribution < -0.4 is 15.0 Å². The molecule has 4 rings (SSSR count). The lowest BCUT2D eigenvalue weighted by Gasteiger charge is -2.23. The van der Waals surface area contributed by atoms with Gasteiger partial charge >= 0.3 is 6.61 Å². The lowest BCUT2D eigenvalue weighted by atomic mass is 9.99. The number of aromatic nitrogens is 4. The first-order chi connectivity index (χ1) is 16.4. The van der Waals surface area contributed by atoms with Crippen LogP contribution >= 0.6 is 11.3 Å². The fraction of sp³-hybridized carbons (Fsp3) is 0.409. The number of nitrogens with one attached hydrogen (secondary N) is 1. The lowest BCUT2D eigenvalue weighted by molar-refractivity contribution is -0.123. The number of benzene rings is 1. The highest BCUT2D eigenvalue weighted by molar-refractivity contribution is 7.15. The van der Waals surface area contributed by atoms with Crippen LogP contribution in [0.15, 0.2) is 42.6 Å². The van der Waals surface area contributed by atoms with Crippen LogP contribution in [0.25, 0.3) is 0 Å². The number of anilines is 2. The van der Waals surface area contributed by atoms with Crippen LogP contribution in [0.1, 0.15) is 23.0 Å². The maximum atomic E-state index is 13.1. The first kappa shape index (κ1) is 23.9. The molecular formula is C22H25F2N7O2S. The molecule has 0 aliphatic carbocycles. The van der Waals surface area contributed by atoms with Crippen LogP contribution in [-0.2, 0) is 11.2 Å². The molecule has 0 radical (unpaired) electrons. The maximum absolute atomic E-state index is 13.1. The third-order valence-corrected chi connectivity index (χ3v) is 6.27. The van der Waals surface area contributed by atoms with E-state index in [0.717, 1.165) is 25.3 Å². The monoisotopic (exact) mass is 489 g/mol. The summed E-state index contributed by atoms with van der Waals surface area (Å²) in [6.07, 6.45) is 2.65. The van der Waals surface area contributed by atoms with Crippen molar-refractivity contribution in [3.05, 3.63) is 53.2 Å². The summed E-state index contributed by atoms with van der Waals surface area (Å²) in [6.45, 7) is -1.30. The van der Waals surface area contributed by atoms with Gasteiger partial charge in [0.25, 0.3) is 0 Å². The Morgan fingerprint density at radius 3 is 2.85 bits per heavy atom. The quantitative estimate of drug-likeness (QED) is 0.461. The van der Waals surface area contributed by atoms with Gasteiger partial charge in [-0.15, -0.1) is 15.3 Å². The van der Waals surface area contributed by atoms with Gasteiger partial charge in [0.1, 0.15) is 10.8 Å². The van der Waals surface area contributed by atoms with Crippen molar-refractivity contribution >= 4 is 28.1 Å². The number of likely N-dealkylation sites (N-methyl/N-ethyl adjacent to an activating group) is 1. The van der Waals surface area contributed by atoms with Crippen molar-refractivity contribution in [3.8, 4) is 5.75 Å². The van der Waals surface area contributed by atoms with Crippen molar-refractivity contribution in [2.45, 2.75) is 31.5 Å². The molecule has 2 aromatic heterocycles. The number of Topliss-reactive ketones (excluding diaryl/α,β-unsaturated/α-hetero) is 1. The average Bonchev–Trinajstić information content (AvgIpc) is 3.44. The van der Waals surface area contributed by atoms with Crippen LogP contribution in [0.2, 0.25) is 0 Å². The largest absolute Gasteiger partial charge is 0.435 e. The number of ether oxygens (including phenoxy) is 1. The highest BCUT2D eigenvalue weighted by Crippen LogP contribution is 2.27. The van der Waals surface area contributed by atoms with Gasteiger partial charge in [-0.1, -0.05) is 23.5 Å². The van der Waals surface area contributed by atoms with Gasteiger partial charge in [0.2, 0.25) is 5.13 Å². The summed E-state index contributed by atoms with van der Waals surface area (Å²) in [6, 6.07) is 9.56. The number of halogens is 2. The summed E-state index contributed by atoms with van der Waals surface area (Å²) in [5.74, 6) is 0.742. The molecular weight excluding hydrogens is 464 g/mol. The topological polar surface area (TPSA) is 96.4 Å². The molecule has 1 aromatic carbocycles. The Hall–Kier alpha value is -3.25. The van der Waals surface area contributed by atoms with Crippen LogP contribution in [0.5, 0.6) is 5.75 Å². The molecule has 0 spiro atoms. The zero-order valence-corrected chi connectivity index (χ0v) is 19.6. The second-order valence-electron chi connectivity index (χ2n) is 8.12. The van der Waals surface area contributed by atoms with Crippen molar-refractivity contribution in [2.75, 3.05) is 37.4 Å². The van der Waals surface area contributed by atoms with Crippen molar-refractivity contribution in [1.29, 1.82) is 0 Å². The number of alkyl halides is 2. The lowest BCUT2D eigenvalue weighted by Crippen LogP contribution is -2.29. The molecule has 1 N–H and O–H groups in total. The second-order valence-corrected chi connectivity index (χ2v) is 9.18. The number of carbonyl (C=O) groups is 1. The molecule has 3 heterocycles. The Kier molecular flexibility index (Phi) is 7.58. The van der Waals surface area contributed by atoms with Gasteiger partial charge in [-0.3, -0.25) is 9.69 Å². The summed E-state index contributed by atoms with van der Waals surface area (Å²) in [4.78, 5) is 17.0. The second kappa shape index (κ2) is 10.8. The molecule has 12 heteroatoms. The van der Waals surface area contributed by atoms with Crippen molar-refractivity contribution in [1.82, 2.24) is 25.3 Å². The minimum absolute atomic E-state index is 0.0154. The summed E-state index contributed by atoms with van der Waals surface area (Å²) in [7, 11) is 3.53. The number of rotatable bonds is 10. The van der Waals surface area contributed by atoms with E-state index in [4.69, 9.17) is 0 Å². The van der Waals surface area contributed by atoms with E-state index in [2.05, 4.69) is 35.3 Å². The number of carbonyl (C=O) groups excluding carboxylic acids is 1. The third kappa shape index (κ3) is 6.00. The normalized spacial score (nSPS) is 16.8. The molecule has 0 amide bonds. The third-order valence-electron chi connectivity index (χ3n) is 5.41. The Morgan fingerprint density at radius 1 is 1.26 bits per heavy atom. The maximum Gasteiger partial charge on any atom is 0.387 e.